The molecule has 2 aromatic rings. The van der Waals surface area contributed by atoms with Gasteiger partial charge in [-0.15, -0.1) is 0 Å². The van der Waals surface area contributed by atoms with Crippen LogP contribution in [0.25, 0.3) is 0 Å². The van der Waals surface area contributed by atoms with Crippen molar-refractivity contribution in [2.24, 2.45) is 4.99 Å². The van der Waals surface area contributed by atoms with E-state index < -0.39 is 0 Å². The maximum Gasteiger partial charge on any atom is 0.161 e. The smallest absolute Gasteiger partial charge is 0.161 e. The summed E-state index contributed by atoms with van der Waals surface area (Å²) in [4.78, 5) is 5.41. The van der Waals surface area contributed by atoms with E-state index in [1.807, 2.05) is 48.5 Å². The van der Waals surface area contributed by atoms with Gasteiger partial charge in [0.15, 0.2) is 11.5 Å². The van der Waals surface area contributed by atoms with Crippen LogP contribution in [0.5, 0.6) is 11.5 Å². The monoisotopic (exact) mass is 312 g/mol. The number of methoxy groups -OCH3 is 2. The second-order valence-corrected chi connectivity index (χ2v) is 5.29. The van der Waals surface area contributed by atoms with Crippen molar-refractivity contribution in [3.8, 4) is 11.5 Å². The average Bonchev–Trinajstić information content (AvgIpc) is 2.97. The number of benzene rings is 2. The molecule has 1 atom stereocenters. The molecule has 2 aromatic carbocycles. The lowest BCUT2D eigenvalue weighted by Crippen LogP contribution is -2.24. The number of rotatable bonds is 4. The fraction of sp³-hybridized carbons (Fsp3) is 0.176. The van der Waals surface area contributed by atoms with Crippen molar-refractivity contribution < 1.29 is 9.47 Å². The van der Waals surface area contributed by atoms with Crippen LogP contribution in [0.3, 0.4) is 0 Å². The molecule has 0 aromatic heterocycles. The predicted octanol–water partition coefficient (Wildman–Crippen LogP) is 3.12. The van der Waals surface area contributed by atoms with Crippen LogP contribution in [0.4, 0.5) is 0 Å². The highest BCUT2D eigenvalue weighted by molar-refractivity contribution is 7.80. The first-order valence-electron chi connectivity index (χ1n) is 6.89. The Labute approximate surface area is 134 Å². The van der Waals surface area contributed by atoms with Crippen molar-refractivity contribution in [3.63, 3.8) is 0 Å². The van der Waals surface area contributed by atoms with Crippen LogP contribution in [-0.2, 0) is 0 Å². The first-order valence-corrected chi connectivity index (χ1v) is 7.29. The first-order chi connectivity index (χ1) is 10.7. The van der Waals surface area contributed by atoms with Gasteiger partial charge < -0.3 is 14.8 Å². The van der Waals surface area contributed by atoms with Crippen molar-refractivity contribution in [1.29, 1.82) is 0 Å². The van der Waals surface area contributed by atoms with Gasteiger partial charge in [-0.25, -0.2) is 0 Å². The quantitative estimate of drug-likeness (QED) is 0.881. The molecule has 5 heteroatoms. The lowest BCUT2D eigenvalue weighted by molar-refractivity contribution is 0.355. The van der Waals surface area contributed by atoms with E-state index in [1.54, 1.807) is 14.2 Å². The number of aliphatic imine (C=N–C) groups is 1. The average molecular weight is 312 g/mol. The van der Waals surface area contributed by atoms with Crippen LogP contribution in [0, 0.1) is 0 Å². The van der Waals surface area contributed by atoms with Crippen molar-refractivity contribution >= 4 is 23.0 Å². The van der Waals surface area contributed by atoms with Gasteiger partial charge in [0.1, 0.15) is 16.9 Å². The largest absolute Gasteiger partial charge is 0.493 e. The summed E-state index contributed by atoms with van der Waals surface area (Å²) in [5, 5.41) is 3.19. The molecule has 4 nitrogen and oxygen atoms in total. The summed E-state index contributed by atoms with van der Waals surface area (Å²) in [7, 11) is 3.23. The van der Waals surface area contributed by atoms with Crippen LogP contribution in [-0.4, -0.2) is 25.0 Å². The van der Waals surface area contributed by atoms with E-state index in [-0.39, 0.29) is 6.04 Å². The Morgan fingerprint density at radius 3 is 2.41 bits per heavy atom. The fourth-order valence-electron chi connectivity index (χ4n) is 2.40. The molecule has 3 rings (SSSR count). The predicted molar refractivity (Wildman–Crippen MR) is 91.0 cm³/mol. The Kier molecular flexibility index (Phi) is 4.06. The molecule has 1 unspecified atom stereocenters. The molecule has 0 amide bonds. The third-order valence-corrected chi connectivity index (χ3v) is 3.85. The Balaban J connectivity index is 1.94. The number of hydrogen-bond donors (Lipinski definition) is 1. The van der Waals surface area contributed by atoms with Crippen LogP contribution < -0.4 is 14.8 Å². The molecule has 0 saturated carbocycles. The molecule has 1 aliphatic rings. The summed E-state index contributed by atoms with van der Waals surface area (Å²) >= 11 is 5.43. The van der Waals surface area contributed by atoms with Gasteiger partial charge in [0, 0.05) is 5.56 Å². The number of hydrogen-bond acceptors (Lipinski definition) is 4. The molecule has 1 aliphatic heterocycles. The summed E-state index contributed by atoms with van der Waals surface area (Å²) in [6.45, 7) is 0. The molecule has 1 N–H and O–H groups in total. The van der Waals surface area contributed by atoms with Crippen LogP contribution in [0.15, 0.2) is 53.5 Å². The minimum Gasteiger partial charge on any atom is -0.493 e. The van der Waals surface area contributed by atoms with Crippen molar-refractivity contribution in [2.45, 2.75) is 6.04 Å². The molecule has 0 spiro atoms. The molecule has 0 bridgehead atoms. The topological polar surface area (TPSA) is 42.8 Å². The van der Waals surface area contributed by atoms with E-state index in [2.05, 4.69) is 5.32 Å². The molecule has 0 radical (unpaired) electrons. The minimum atomic E-state index is -0.140. The number of amidine groups is 1. The van der Waals surface area contributed by atoms with Gasteiger partial charge in [0.05, 0.1) is 14.2 Å². The summed E-state index contributed by atoms with van der Waals surface area (Å²) in [5.74, 6) is 2.10. The molecular formula is C17H16N2O2S. The second kappa shape index (κ2) is 6.15. The van der Waals surface area contributed by atoms with Gasteiger partial charge in [-0.05, 0) is 23.8 Å². The zero-order valence-electron chi connectivity index (χ0n) is 12.4. The maximum atomic E-state index is 5.43. The molecule has 0 fully saturated rings. The molecule has 0 aliphatic carbocycles. The van der Waals surface area contributed by atoms with E-state index in [0.29, 0.717) is 16.5 Å². The summed E-state index contributed by atoms with van der Waals surface area (Å²) in [6.07, 6.45) is 0. The molecule has 1 heterocycles. The minimum absolute atomic E-state index is 0.140. The van der Waals surface area contributed by atoms with Crippen molar-refractivity contribution in [3.05, 3.63) is 59.7 Å². The Morgan fingerprint density at radius 2 is 1.73 bits per heavy atom. The van der Waals surface area contributed by atoms with Gasteiger partial charge in [0.2, 0.25) is 0 Å². The van der Waals surface area contributed by atoms with Crippen LogP contribution in [0.2, 0.25) is 0 Å². The zero-order chi connectivity index (χ0) is 15.5. The van der Waals surface area contributed by atoms with Gasteiger partial charge in [-0.3, -0.25) is 4.99 Å². The highest BCUT2D eigenvalue weighted by atomic mass is 32.1. The molecular weight excluding hydrogens is 296 g/mol. The lowest BCUT2D eigenvalue weighted by atomic mass is 10.1. The fourth-order valence-corrected chi connectivity index (χ4v) is 2.68. The number of ether oxygens (including phenoxy) is 2. The van der Waals surface area contributed by atoms with E-state index >= 15 is 0 Å². The summed E-state index contributed by atoms with van der Waals surface area (Å²) < 4.78 is 10.6. The van der Waals surface area contributed by atoms with Crippen LogP contribution >= 0.6 is 12.2 Å². The normalized spacial score (nSPS) is 16.9. The second-order valence-electron chi connectivity index (χ2n) is 4.85. The van der Waals surface area contributed by atoms with E-state index in [4.69, 9.17) is 26.7 Å². The zero-order valence-corrected chi connectivity index (χ0v) is 13.2. The third-order valence-electron chi connectivity index (χ3n) is 3.52. The lowest BCUT2D eigenvalue weighted by Gasteiger charge is -2.09. The SMILES string of the molecule is COc1ccc(C2=NC(c3ccccc3)C(=S)N2)cc1OC. The molecule has 112 valence electrons. The van der Waals surface area contributed by atoms with Crippen molar-refractivity contribution in [1.82, 2.24) is 5.32 Å². The first kappa shape index (κ1) is 14.5. The van der Waals surface area contributed by atoms with Gasteiger partial charge >= 0.3 is 0 Å². The Morgan fingerprint density at radius 1 is 1.00 bits per heavy atom. The van der Waals surface area contributed by atoms with Gasteiger partial charge in [0.25, 0.3) is 0 Å². The van der Waals surface area contributed by atoms with Gasteiger partial charge in [-0.1, -0.05) is 42.5 Å². The molecule has 0 saturated heterocycles. The highest BCUT2D eigenvalue weighted by Gasteiger charge is 2.25. The highest BCUT2D eigenvalue weighted by Crippen LogP contribution is 2.30. The number of nitrogens with one attached hydrogen (secondary N) is 1. The van der Waals surface area contributed by atoms with Gasteiger partial charge in [-0.2, -0.15) is 0 Å². The van der Waals surface area contributed by atoms with E-state index in [1.165, 1.54) is 0 Å². The number of thiocarbonyl (C=S) groups is 1. The standard InChI is InChI=1S/C17H16N2O2S/c1-20-13-9-8-12(10-14(13)21-2)16-18-15(17(22)19-16)11-6-4-3-5-7-11/h3-10,15H,1-2H3,(H,18,19,22). The van der Waals surface area contributed by atoms with Crippen LogP contribution in [0.1, 0.15) is 17.2 Å². The maximum absolute atomic E-state index is 5.43. The molecule has 22 heavy (non-hydrogen) atoms. The van der Waals surface area contributed by atoms with Crippen molar-refractivity contribution in [2.75, 3.05) is 14.2 Å². The third kappa shape index (κ3) is 2.67. The van der Waals surface area contributed by atoms with E-state index in [9.17, 15) is 0 Å². The number of nitrogens with zero attached hydrogens (tertiary/aromatic N) is 1. The summed E-state index contributed by atoms with van der Waals surface area (Å²) in [5.41, 5.74) is 1.99. The summed E-state index contributed by atoms with van der Waals surface area (Å²) in [6, 6.07) is 15.6. The van der Waals surface area contributed by atoms with E-state index in [0.717, 1.165) is 17.0 Å². The Hall–Kier alpha value is -2.40. The Bertz CT molecular complexity index is 729.